The summed E-state index contributed by atoms with van der Waals surface area (Å²) in [6.45, 7) is 22.7. The van der Waals surface area contributed by atoms with Crippen LogP contribution < -0.4 is 40.4 Å². The number of anilines is 3. The number of carboxylic acids is 1. The average molecular weight is 1540 g/mol. The second-order valence-electron chi connectivity index (χ2n) is 24.0. The van der Waals surface area contributed by atoms with Crippen molar-refractivity contribution >= 4 is 63.1 Å². The van der Waals surface area contributed by atoms with E-state index >= 15 is 0 Å². The molecular formula is C85H111BrN3O18-. The molecular weight excluding hydrogens is 1430 g/mol. The fourth-order valence-electron chi connectivity index (χ4n) is 9.70. The summed E-state index contributed by atoms with van der Waals surface area (Å²) in [4.78, 5) is 57.6. The molecule has 5 atom stereocenters. The zero-order chi connectivity index (χ0) is 79.3. The lowest BCUT2D eigenvalue weighted by molar-refractivity contribution is -0.370. The number of methoxy groups -OCH3 is 2. The van der Waals surface area contributed by atoms with Crippen LogP contribution in [0.5, 0.6) is 28.7 Å². The van der Waals surface area contributed by atoms with Gasteiger partial charge in [0.15, 0.2) is 0 Å². The van der Waals surface area contributed by atoms with Gasteiger partial charge in [-0.2, -0.15) is 0 Å². The Labute approximate surface area is 640 Å². The van der Waals surface area contributed by atoms with Crippen molar-refractivity contribution in [1.82, 2.24) is 0 Å². The van der Waals surface area contributed by atoms with Gasteiger partial charge in [0.25, 0.3) is 0 Å². The summed E-state index contributed by atoms with van der Waals surface area (Å²) < 4.78 is 41.7. The topological polar surface area (TPSA) is 313 Å². The Morgan fingerprint density at radius 1 is 0.411 bits per heavy atom. The number of carbonyl (C=O) groups excluding carboxylic acids is 4. The third-order valence-electron chi connectivity index (χ3n) is 16.6. The van der Waals surface area contributed by atoms with E-state index in [1.54, 1.807) is 66.7 Å². The largest absolute Gasteiger partial charge is 0.852 e. The Morgan fingerprint density at radius 2 is 0.710 bits per heavy atom. The molecule has 8 rings (SSSR count). The van der Waals surface area contributed by atoms with Gasteiger partial charge in [-0.05, 0) is 156 Å². The number of benzene rings is 8. The molecule has 22 heteroatoms. The smallest absolute Gasteiger partial charge is 0.411 e. The number of aromatic hydroxyl groups is 1. The van der Waals surface area contributed by atoms with E-state index in [0.29, 0.717) is 64.2 Å². The Hall–Kier alpha value is -10.1. The molecule has 8 aromatic rings. The standard InChI is InChI=1S/C21H25NO5.C20H23NO5.C12H18O2.C12H17O2.C10H14O.C8H9NO2.C2H5BrO/c1-4-15(2)16-9-6-8-12-19(16)26-13-14-27-21(24)22-18-11-7-5-10-17(18)20(23)25-3;1-3-14(2)15-8-5-7-11-18(15)25-12-13-26-20(24)21-17-10-6-4-9-16(17)19(22)23;2*1-3-10(2)11-6-4-5-7-12(11)14-9-8-13;1-3-8(2)9-6-4-5-7-10(9)11;1-11-8(10)6-4-2-3-5-7(6)9;3-1-2-4/h5-12,15H,4,13-14H2,1-3H3,(H,22,24);4-11,14H,3,12-13H2,1-2H3,(H,21,24)(H,22,23);4-7,10,13H,3,8-9H2,1-2H3;4-7,10H,3,8-9H2,1-2H3;4-8,11H,3H2,1-2H3;2-5H,9H2,1H3;4H,1-2H2/q;;;-1;;;. The maximum absolute atomic E-state index is 12.0. The van der Waals surface area contributed by atoms with E-state index < -0.39 is 30.1 Å². The third kappa shape index (κ3) is 35.2. The number of aliphatic hydroxyl groups is 2. The molecule has 0 aliphatic carbocycles. The molecule has 107 heavy (non-hydrogen) atoms. The van der Waals surface area contributed by atoms with Gasteiger partial charge in [0.05, 0.1) is 62.1 Å². The maximum atomic E-state index is 12.0. The number of carbonyl (C=O) groups is 5. The number of aliphatic hydroxyl groups excluding tert-OH is 2. The molecule has 0 saturated heterocycles. The van der Waals surface area contributed by atoms with Gasteiger partial charge in [-0.15, -0.1) is 6.61 Å². The van der Waals surface area contributed by atoms with Crippen molar-refractivity contribution in [3.63, 3.8) is 0 Å². The van der Waals surface area contributed by atoms with Gasteiger partial charge in [-0.3, -0.25) is 10.6 Å². The summed E-state index contributed by atoms with van der Waals surface area (Å²) >= 11 is 3.00. The molecule has 8 N–H and O–H groups in total. The molecule has 0 heterocycles. The monoisotopic (exact) mass is 1540 g/mol. The van der Waals surface area contributed by atoms with Gasteiger partial charge < -0.3 is 69.2 Å². The average Bonchev–Trinajstić information content (AvgIpc) is 0.884. The van der Waals surface area contributed by atoms with Gasteiger partial charge in [-0.1, -0.05) is 213 Å². The van der Waals surface area contributed by atoms with Crippen LogP contribution in [0.4, 0.5) is 26.7 Å². The van der Waals surface area contributed by atoms with Crippen LogP contribution in [0.15, 0.2) is 194 Å². The van der Waals surface area contributed by atoms with Crippen molar-refractivity contribution in [1.29, 1.82) is 0 Å². The molecule has 0 radical (unpaired) electrons. The molecule has 8 aromatic carbocycles. The van der Waals surface area contributed by atoms with Gasteiger partial charge in [-0.25, -0.2) is 24.0 Å². The molecule has 0 spiro atoms. The Kier molecular flexibility index (Phi) is 48.1. The lowest BCUT2D eigenvalue weighted by Crippen LogP contribution is -2.19. The summed E-state index contributed by atoms with van der Waals surface area (Å²) in [5.74, 6) is 3.91. The first kappa shape index (κ1) is 93.0. The molecule has 0 aliphatic rings. The van der Waals surface area contributed by atoms with Crippen molar-refractivity contribution < 1.29 is 87.4 Å². The van der Waals surface area contributed by atoms with Crippen LogP contribution in [-0.4, -0.2) is 130 Å². The number of phenolic OH excluding ortho intramolecular Hbond substituents is 1. The number of amides is 2. The van der Waals surface area contributed by atoms with Crippen LogP contribution >= 0.6 is 15.9 Å². The number of para-hydroxylation sites is 8. The lowest BCUT2D eigenvalue weighted by atomic mass is 9.98. The van der Waals surface area contributed by atoms with E-state index in [2.05, 4.69) is 113 Å². The highest BCUT2D eigenvalue weighted by molar-refractivity contribution is 9.09. The SMILES string of the molecule is CCC(C)c1ccccc1O.CCC(C)c1ccccc1OCCO.CCC(C)c1ccccc1OCCOC(=O)Nc1ccccc1C(=O)O.CCC(C)c1ccccc1OCCOC(=O)Nc1ccccc1C(=O)OC.CCC(C)c1ccccc1OCC[O-].COC(=O)c1ccccc1N.OCCBr. The summed E-state index contributed by atoms with van der Waals surface area (Å²) in [5, 5.41) is 51.0. The number of phenols is 1. The summed E-state index contributed by atoms with van der Waals surface area (Å²) in [5.41, 5.74) is 12.9. The van der Waals surface area contributed by atoms with Crippen molar-refractivity contribution in [3.05, 3.63) is 239 Å². The number of esters is 2. The fourth-order valence-corrected chi connectivity index (χ4v) is 9.70. The molecule has 2 amide bonds. The fraction of sp³-hybridized carbons (Fsp3) is 0.376. The first-order chi connectivity index (χ1) is 51.6. The second kappa shape index (κ2) is 55.3. The molecule has 0 saturated carbocycles. The van der Waals surface area contributed by atoms with Crippen molar-refractivity contribution in [3.8, 4) is 28.7 Å². The van der Waals surface area contributed by atoms with Crippen LogP contribution in [-0.2, 0) is 18.9 Å². The number of nitrogen functional groups attached to an aromatic ring is 1. The predicted octanol–water partition coefficient (Wildman–Crippen LogP) is 18.0. The van der Waals surface area contributed by atoms with E-state index in [1.807, 2.05) is 103 Å². The number of nitrogens with two attached hydrogens (primary N) is 1. The minimum absolute atomic E-state index is 0.00294. The number of hydrogen-bond acceptors (Lipinski definition) is 18. The van der Waals surface area contributed by atoms with Gasteiger partial charge >= 0.3 is 30.1 Å². The zero-order valence-electron chi connectivity index (χ0n) is 63.9. The van der Waals surface area contributed by atoms with Crippen LogP contribution in [0, 0.1) is 0 Å². The molecule has 0 fully saturated rings. The molecule has 0 aromatic heterocycles. The first-order valence-electron chi connectivity index (χ1n) is 35.9. The number of carboxylic acid groups (broad SMARTS) is 1. The number of nitrogens with one attached hydrogen (secondary N) is 2. The lowest BCUT2D eigenvalue weighted by Gasteiger charge is -2.16. The minimum atomic E-state index is -1.12. The Morgan fingerprint density at radius 3 is 1.06 bits per heavy atom. The van der Waals surface area contributed by atoms with Crippen LogP contribution in [0.2, 0.25) is 0 Å². The molecule has 0 aliphatic heterocycles. The van der Waals surface area contributed by atoms with E-state index in [-0.39, 0.29) is 69.7 Å². The van der Waals surface area contributed by atoms with Crippen LogP contribution in [0.3, 0.4) is 0 Å². The summed E-state index contributed by atoms with van der Waals surface area (Å²) in [7, 11) is 2.61. The van der Waals surface area contributed by atoms with Crippen molar-refractivity contribution in [2.45, 2.75) is 131 Å². The second-order valence-corrected chi connectivity index (χ2v) is 24.8. The quantitative estimate of drug-likeness (QED) is 0.00723. The van der Waals surface area contributed by atoms with Crippen molar-refractivity contribution in [2.75, 3.05) is 95.4 Å². The predicted molar refractivity (Wildman–Crippen MR) is 426 cm³/mol. The minimum Gasteiger partial charge on any atom is -0.852 e. The first-order valence-corrected chi connectivity index (χ1v) is 37.0. The Balaban J connectivity index is 0.000000447. The Bertz CT molecular complexity index is 3760. The number of aromatic carboxylic acids is 1. The molecule has 582 valence electrons. The van der Waals surface area contributed by atoms with E-state index in [1.165, 1.54) is 37.5 Å². The van der Waals surface area contributed by atoms with Gasteiger partial charge in [0.2, 0.25) is 0 Å². The summed E-state index contributed by atoms with van der Waals surface area (Å²) in [6, 6.07) is 58.6. The van der Waals surface area contributed by atoms with E-state index in [0.717, 1.165) is 71.8 Å². The zero-order valence-corrected chi connectivity index (χ0v) is 65.5. The third-order valence-corrected chi connectivity index (χ3v) is 16.9. The van der Waals surface area contributed by atoms with E-state index in [4.69, 9.17) is 54.2 Å². The summed E-state index contributed by atoms with van der Waals surface area (Å²) in [6.07, 6.45) is 3.87. The highest BCUT2D eigenvalue weighted by Crippen LogP contribution is 2.32. The maximum Gasteiger partial charge on any atom is 0.411 e. The van der Waals surface area contributed by atoms with Crippen LogP contribution in [0.1, 0.15) is 190 Å². The number of halogens is 1. The number of hydrogen-bond donors (Lipinski definition) is 7. The number of ether oxygens (including phenoxy) is 8. The van der Waals surface area contributed by atoms with E-state index in [9.17, 15) is 34.2 Å². The highest BCUT2D eigenvalue weighted by Gasteiger charge is 2.18. The van der Waals surface area contributed by atoms with Crippen molar-refractivity contribution in [2.24, 2.45) is 0 Å². The van der Waals surface area contributed by atoms with Crippen LogP contribution in [0.25, 0.3) is 0 Å². The van der Waals surface area contributed by atoms with Gasteiger partial charge in [0.1, 0.15) is 61.8 Å². The number of alkyl halides is 1. The molecule has 5 unspecified atom stereocenters. The molecule has 0 bridgehead atoms. The molecule has 21 nitrogen and oxygen atoms in total. The number of rotatable bonds is 30. The highest BCUT2D eigenvalue weighted by atomic mass is 79.9. The normalized spacial score (nSPS) is 11.5. The van der Waals surface area contributed by atoms with Gasteiger partial charge in [0, 0.05) is 11.0 Å².